The minimum atomic E-state index is -0.0929. The van der Waals surface area contributed by atoms with E-state index in [1.54, 1.807) is 0 Å². The van der Waals surface area contributed by atoms with Crippen molar-refractivity contribution in [2.45, 2.75) is 20.4 Å². The molecule has 1 aromatic carbocycles. The molecule has 0 radical (unpaired) electrons. The second-order valence-electron chi connectivity index (χ2n) is 4.33. The van der Waals surface area contributed by atoms with Gasteiger partial charge >= 0.3 is 0 Å². The van der Waals surface area contributed by atoms with Crippen LogP contribution in [-0.4, -0.2) is 17.9 Å². The van der Waals surface area contributed by atoms with Crippen molar-refractivity contribution in [3.63, 3.8) is 0 Å². The molecule has 1 amide bonds. The minimum absolute atomic E-state index is 0.0929. The van der Waals surface area contributed by atoms with E-state index < -0.39 is 0 Å². The Kier molecular flexibility index (Phi) is 4.29. The zero-order valence-corrected chi connectivity index (χ0v) is 12.1. The van der Waals surface area contributed by atoms with Gasteiger partial charge < -0.3 is 10.6 Å². The smallest absolute Gasteiger partial charge is 0.267 e. The fourth-order valence-corrected chi connectivity index (χ4v) is 2.71. The molecule has 0 bridgehead atoms. The number of nitrogens with zero attached hydrogens (tertiary/aromatic N) is 1. The second kappa shape index (κ2) is 5.95. The Bertz CT molecular complexity index is 592. The molecule has 0 fully saturated rings. The van der Waals surface area contributed by atoms with Gasteiger partial charge in [-0.15, -0.1) is 11.3 Å². The fraction of sp³-hybridized carbons (Fsp3) is 0.286. The van der Waals surface area contributed by atoms with E-state index in [-0.39, 0.29) is 5.91 Å². The molecular weight excluding hydrogens is 258 g/mol. The summed E-state index contributed by atoms with van der Waals surface area (Å²) in [5.74, 6) is -0.0929. The van der Waals surface area contributed by atoms with E-state index in [0.29, 0.717) is 4.88 Å². The number of carbonyl (C=O) groups excluding carboxylic acids is 1. The summed E-state index contributed by atoms with van der Waals surface area (Å²) in [5, 5.41) is 6.91. The lowest BCUT2D eigenvalue weighted by Gasteiger charge is -2.06. The van der Waals surface area contributed by atoms with E-state index in [0.717, 1.165) is 28.5 Å². The maximum Gasteiger partial charge on any atom is 0.267 e. The molecule has 0 aliphatic carbocycles. The molecule has 0 unspecified atom stereocenters. The van der Waals surface area contributed by atoms with Crippen LogP contribution in [0.15, 0.2) is 24.3 Å². The highest BCUT2D eigenvalue weighted by Crippen LogP contribution is 2.19. The molecule has 19 heavy (non-hydrogen) atoms. The third-order valence-electron chi connectivity index (χ3n) is 2.68. The number of benzene rings is 1. The Labute approximate surface area is 116 Å². The van der Waals surface area contributed by atoms with Gasteiger partial charge in [0, 0.05) is 12.2 Å². The number of aryl methyl sites for hydroxylation is 2. The van der Waals surface area contributed by atoms with Gasteiger partial charge in [-0.2, -0.15) is 0 Å². The molecule has 0 aliphatic rings. The van der Waals surface area contributed by atoms with Crippen molar-refractivity contribution in [2.75, 3.05) is 12.4 Å². The van der Waals surface area contributed by atoms with Gasteiger partial charge in [0.2, 0.25) is 0 Å². The number of nitrogens with one attached hydrogen (secondary N) is 2. The lowest BCUT2D eigenvalue weighted by atomic mass is 10.2. The largest absolute Gasteiger partial charge is 0.321 e. The maximum atomic E-state index is 12.2. The topological polar surface area (TPSA) is 54.0 Å². The van der Waals surface area contributed by atoms with Crippen molar-refractivity contribution in [2.24, 2.45) is 0 Å². The fourth-order valence-electron chi connectivity index (χ4n) is 1.89. The van der Waals surface area contributed by atoms with Crippen LogP contribution in [0.2, 0.25) is 0 Å². The van der Waals surface area contributed by atoms with E-state index in [9.17, 15) is 4.79 Å². The molecule has 5 heteroatoms. The molecule has 0 saturated heterocycles. The molecule has 1 aromatic heterocycles. The molecule has 1 heterocycles. The van der Waals surface area contributed by atoms with Gasteiger partial charge in [-0.3, -0.25) is 4.79 Å². The molecule has 0 atom stereocenters. The van der Waals surface area contributed by atoms with Gasteiger partial charge in [-0.25, -0.2) is 4.98 Å². The summed E-state index contributed by atoms with van der Waals surface area (Å²) in [4.78, 5) is 17.1. The van der Waals surface area contributed by atoms with Crippen molar-refractivity contribution in [1.82, 2.24) is 10.3 Å². The normalized spacial score (nSPS) is 10.5. The van der Waals surface area contributed by atoms with Crippen LogP contribution < -0.4 is 10.6 Å². The Morgan fingerprint density at radius 3 is 2.79 bits per heavy atom. The average Bonchev–Trinajstić information content (AvgIpc) is 2.69. The number of thiazole rings is 1. The average molecular weight is 275 g/mol. The van der Waals surface area contributed by atoms with Crippen LogP contribution in [0, 0.1) is 13.8 Å². The quantitative estimate of drug-likeness (QED) is 0.902. The molecule has 0 spiro atoms. The molecule has 4 nitrogen and oxygen atoms in total. The maximum absolute atomic E-state index is 12.2. The van der Waals surface area contributed by atoms with Crippen LogP contribution in [0.4, 0.5) is 5.69 Å². The highest BCUT2D eigenvalue weighted by Gasteiger charge is 2.13. The molecule has 2 N–H and O–H groups in total. The Hall–Kier alpha value is -1.72. The van der Waals surface area contributed by atoms with Crippen LogP contribution in [0.3, 0.4) is 0 Å². The van der Waals surface area contributed by atoms with Crippen LogP contribution in [-0.2, 0) is 6.54 Å². The third-order valence-corrected chi connectivity index (χ3v) is 3.75. The molecule has 2 rings (SSSR count). The van der Waals surface area contributed by atoms with Gasteiger partial charge in [0.25, 0.3) is 5.91 Å². The van der Waals surface area contributed by atoms with Crippen molar-refractivity contribution >= 4 is 22.9 Å². The van der Waals surface area contributed by atoms with E-state index in [1.165, 1.54) is 11.3 Å². The minimum Gasteiger partial charge on any atom is -0.321 e. The van der Waals surface area contributed by atoms with Crippen LogP contribution in [0.5, 0.6) is 0 Å². The number of rotatable bonds is 4. The number of anilines is 1. The second-order valence-corrected chi connectivity index (χ2v) is 5.54. The third kappa shape index (κ3) is 3.39. The summed E-state index contributed by atoms with van der Waals surface area (Å²) in [6, 6.07) is 7.82. The lowest BCUT2D eigenvalue weighted by molar-refractivity contribution is 0.103. The molecule has 2 aromatic rings. The first kappa shape index (κ1) is 13.7. The van der Waals surface area contributed by atoms with Gasteiger partial charge in [-0.05, 0) is 38.6 Å². The van der Waals surface area contributed by atoms with Gasteiger partial charge in [-0.1, -0.05) is 12.1 Å². The van der Waals surface area contributed by atoms with Crippen molar-refractivity contribution < 1.29 is 4.79 Å². The summed E-state index contributed by atoms with van der Waals surface area (Å²) < 4.78 is 0. The van der Waals surface area contributed by atoms with Crippen molar-refractivity contribution in [1.29, 1.82) is 0 Å². The summed E-state index contributed by atoms with van der Waals surface area (Å²) in [5.41, 5.74) is 2.73. The first-order chi connectivity index (χ1) is 9.10. The highest BCUT2D eigenvalue weighted by molar-refractivity contribution is 7.13. The first-order valence-corrected chi connectivity index (χ1v) is 6.90. The molecule has 100 valence electrons. The van der Waals surface area contributed by atoms with E-state index in [1.807, 2.05) is 45.2 Å². The molecular formula is C14H17N3OS. The van der Waals surface area contributed by atoms with Gasteiger partial charge in [0.15, 0.2) is 0 Å². The number of aromatic nitrogens is 1. The summed E-state index contributed by atoms with van der Waals surface area (Å²) in [6.45, 7) is 4.54. The Morgan fingerprint density at radius 2 is 2.16 bits per heavy atom. The number of hydrogen-bond acceptors (Lipinski definition) is 4. The molecule has 0 saturated carbocycles. The SMILES string of the molecule is CNCc1cccc(NC(=O)c2sc(C)nc2C)c1. The predicted molar refractivity (Wildman–Crippen MR) is 78.7 cm³/mol. The van der Waals surface area contributed by atoms with E-state index >= 15 is 0 Å². The highest BCUT2D eigenvalue weighted by atomic mass is 32.1. The van der Waals surface area contributed by atoms with Crippen LogP contribution >= 0.6 is 11.3 Å². The monoisotopic (exact) mass is 275 g/mol. The summed E-state index contributed by atoms with van der Waals surface area (Å²) in [7, 11) is 1.90. The summed E-state index contributed by atoms with van der Waals surface area (Å²) >= 11 is 1.42. The summed E-state index contributed by atoms with van der Waals surface area (Å²) in [6.07, 6.45) is 0. The Balaban J connectivity index is 2.14. The molecule has 0 aliphatic heterocycles. The lowest BCUT2D eigenvalue weighted by Crippen LogP contribution is -2.12. The number of carbonyl (C=O) groups is 1. The first-order valence-electron chi connectivity index (χ1n) is 6.09. The van der Waals surface area contributed by atoms with Crippen LogP contribution in [0.1, 0.15) is 25.9 Å². The van der Waals surface area contributed by atoms with E-state index in [4.69, 9.17) is 0 Å². The Morgan fingerprint density at radius 1 is 1.37 bits per heavy atom. The number of amides is 1. The van der Waals surface area contributed by atoms with Gasteiger partial charge in [0.1, 0.15) is 4.88 Å². The van der Waals surface area contributed by atoms with Crippen molar-refractivity contribution in [3.05, 3.63) is 45.4 Å². The van der Waals surface area contributed by atoms with Gasteiger partial charge in [0.05, 0.1) is 10.7 Å². The predicted octanol–water partition coefficient (Wildman–Crippen LogP) is 2.73. The zero-order chi connectivity index (χ0) is 13.8. The zero-order valence-electron chi connectivity index (χ0n) is 11.3. The number of hydrogen-bond donors (Lipinski definition) is 2. The standard InChI is InChI=1S/C14H17N3OS/c1-9-13(19-10(2)16-9)14(18)17-12-6-4-5-11(7-12)8-15-3/h4-7,15H,8H2,1-3H3,(H,17,18). The van der Waals surface area contributed by atoms with Crippen molar-refractivity contribution in [3.8, 4) is 0 Å². The van der Waals surface area contributed by atoms with E-state index in [2.05, 4.69) is 15.6 Å². The van der Waals surface area contributed by atoms with Crippen LogP contribution in [0.25, 0.3) is 0 Å².